The Labute approximate surface area is 129 Å². The summed E-state index contributed by atoms with van der Waals surface area (Å²) in [6.45, 7) is 0. The van der Waals surface area contributed by atoms with E-state index in [1.54, 1.807) is 18.2 Å². The highest BCUT2D eigenvalue weighted by Gasteiger charge is 2.07. The van der Waals surface area contributed by atoms with Crippen LogP contribution in [0.2, 0.25) is 0 Å². The van der Waals surface area contributed by atoms with E-state index in [9.17, 15) is 9.59 Å². The fourth-order valence-electron chi connectivity index (χ4n) is 1.60. The van der Waals surface area contributed by atoms with Crippen molar-refractivity contribution < 1.29 is 14.7 Å². The van der Waals surface area contributed by atoms with Crippen LogP contribution in [0, 0.1) is 11.8 Å². The fourth-order valence-corrected chi connectivity index (χ4v) is 2.09. The first-order chi connectivity index (χ1) is 10.0. The van der Waals surface area contributed by atoms with Crippen LogP contribution in [0.15, 0.2) is 53.0 Å². The minimum atomic E-state index is -1.07. The molecule has 0 unspecified atom stereocenters. The first-order valence-electron chi connectivity index (χ1n) is 5.96. The van der Waals surface area contributed by atoms with Gasteiger partial charge >= 0.3 is 11.9 Å². The molecule has 0 spiro atoms. The van der Waals surface area contributed by atoms with Gasteiger partial charge in [-0.25, -0.2) is 4.79 Å². The highest BCUT2D eigenvalue weighted by molar-refractivity contribution is 9.10. The molecule has 2 aromatic rings. The van der Waals surface area contributed by atoms with Crippen molar-refractivity contribution in [3.05, 3.63) is 64.1 Å². The highest BCUT2D eigenvalue weighted by atomic mass is 79.9. The van der Waals surface area contributed by atoms with E-state index in [-0.39, 0.29) is 5.56 Å². The van der Waals surface area contributed by atoms with Crippen LogP contribution in [-0.2, 0) is 4.79 Å². The SMILES string of the molecule is O=C(C#Cc1ccccc1)Nc1cc(Br)cc(C(=O)O)c1. The Balaban J connectivity index is 2.14. The monoisotopic (exact) mass is 343 g/mol. The van der Waals surface area contributed by atoms with E-state index in [0.29, 0.717) is 10.2 Å². The summed E-state index contributed by atoms with van der Waals surface area (Å²) in [7, 11) is 0. The minimum Gasteiger partial charge on any atom is -0.478 e. The Hall–Kier alpha value is -2.58. The number of nitrogens with one attached hydrogen (secondary N) is 1. The number of carboxylic acid groups (broad SMARTS) is 1. The zero-order valence-electron chi connectivity index (χ0n) is 10.8. The Morgan fingerprint density at radius 1 is 1.10 bits per heavy atom. The number of rotatable bonds is 2. The van der Waals surface area contributed by atoms with Crippen LogP contribution >= 0.6 is 15.9 Å². The largest absolute Gasteiger partial charge is 0.478 e. The summed E-state index contributed by atoms with van der Waals surface area (Å²) < 4.78 is 0.564. The lowest BCUT2D eigenvalue weighted by molar-refractivity contribution is -0.111. The zero-order chi connectivity index (χ0) is 15.2. The summed E-state index contributed by atoms with van der Waals surface area (Å²) in [4.78, 5) is 22.7. The molecule has 2 N–H and O–H groups in total. The maximum Gasteiger partial charge on any atom is 0.335 e. The normalized spacial score (nSPS) is 9.38. The third-order valence-corrected chi connectivity index (χ3v) is 2.95. The quantitative estimate of drug-likeness (QED) is 0.823. The van der Waals surface area contributed by atoms with Crippen molar-refractivity contribution in [3.63, 3.8) is 0 Å². The predicted octanol–water partition coefficient (Wildman–Crippen LogP) is 3.14. The van der Waals surface area contributed by atoms with Crippen LogP contribution < -0.4 is 5.32 Å². The smallest absolute Gasteiger partial charge is 0.335 e. The summed E-state index contributed by atoms with van der Waals surface area (Å²) in [5.74, 6) is 3.61. The Morgan fingerprint density at radius 3 is 2.48 bits per heavy atom. The maximum absolute atomic E-state index is 11.7. The molecular formula is C16H10BrNO3. The second kappa shape index (κ2) is 6.73. The van der Waals surface area contributed by atoms with E-state index in [2.05, 4.69) is 33.1 Å². The van der Waals surface area contributed by atoms with Gasteiger partial charge in [-0.05, 0) is 30.3 Å². The molecule has 0 radical (unpaired) electrons. The molecule has 0 aliphatic rings. The van der Waals surface area contributed by atoms with Gasteiger partial charge in [0.15, 0.2) is 0 Å². The van der Waals surface area contributed by atoms with Gasteiger partial charge in [-0.2, -0.15) is 0 Å². The molecule has 104 valence electrons. The average Bonchev–Trinajstić information content (AvgIpc) is 2.45. The molecule has 0 aliphatic heterocycles. The topological polar surface area (TPSA) is 66.4 Å². The Morgan fingerprint density at radius 2 is 1.81 bits per heavy atom. The molecule has 0 aromatic heterocycles. The fraction of sp³-hybridized carbons (Fsp3) is 0. The maximum atomic E-state index is 11.7. The number of carboxylic acids is 1. The molecular weight excluding hydrogens is 334 g/mol. The zero-order valence-corrected chi connectivity index (χ0v) is 12.3. The lowest BCUT2D eigenvalue weighted by atomic mass is 10.2. The van der Waals surface area contributed by atoms with E-state index in [1.165, 1.54) is 12.1 Å². The second-order valence-corrected chi connectivity index (χ2v) is 5.02. The molecule has 0 fully saturated rings. The number of benzene rings is 2. The lowest BCUT2D eigenvalue weighted by Crippen LogP contribution is -2.09. The van der Waals surface area contributed by atoms with Gasteiger partial charge in [0.05, 0.1) is 5.56 Å². The summed E-state index contributed by atoms with van der Waals surface area (Å²) in [5, 5.41) is 11.5. The average molecular weight is 344 g/mol. The van der Waals surface area contributed by atoms with Gasteiger partial charge in [0, 0.05) is 21.6 Å². The van der Waals surface area contributed by atoms with Gasteiger partial charge in [-0.15, -0.1) is 0 Å². The molecule has 21 heavy (non-hydrogen) atoms. The van der Waals surface area contributed by atoms with Gasteiger partial charge in [0.2, 0.25) is 0 Å². The van der Waals surface area contributed by atoms with Crippen molar-refractivity contribution in [2.75, 3.05) is 5.32 Å². The molecule has 0 bridgehead atoms. The van der Waals surface area contributed by atoms with E-state index in [4.69, 9.17) is 5.11 Å². The van der Waals surface area contributed by atoms with Crippen LogP contribution in [0.4, 0.5) is 5.69 Å². The van der Waals surface area contributed by atoms with Crippen molar-refractivity contribution in [2.24, 2.45) is 0 Å². The summed E-state index contributed by atoms with van der Waals surface area (Å²) in [6, 6.07) is 13.5. The molecule has 0 atom stereocenters. The Bertz CT molecular complexity index is 745. The van der Waals surface area contributed by atoms with Crippen molar-refractivity contribution >= 4 is 33.5 Å². The molecule has 4 nitrogen and oxygen atoms in total. The molecule has 1 amide bonds. The van der Waals surface area contributed by atoms with Crippen LogP contribution in [0.3, 0.4) is 0 Å². The third kappa shape index (κ3) is 4.48. The Kier molecular flexibility index (Phi) is 4.75. The van der Waals surface area contributed by atoms with Crippen molar-refractivity contribution in [2.45, 2.75) is 0 Å². The summed E-state index contributed by atoms with van der Waals surface area (Å²) in [6.07, 6.45) is 0. The summed E-state index contributed by atoms with van der Waals surface area (Å²) >= 11 is 3.20. The van der Waals surface area contributed by atoms with Crippen LogP contribution in [-0.4, -0.2) is 17.0 Å². The predicted molar refractivity (Wildman–Crippen MR) is 83.1 cm³/mol. The van der Waals surface area contributed by atoms with Crippen molar-refractivity contribution in [3.8, 4) is 11.8 Å². The number of anilines is 1. The molecule has 2 rings (SSSR count). The van der Waals surface area contributed by atoms with E-state index in [1.807, 2.05) is 18.2 Å². The minimum absolute atomic E-state index is 0.0793. The number of hydrogen-bond donors (Lipinski definition) is 2. The number of amides is 1. The molecule has 0 saturated carbocycles. The molecule has 2 aromatic carbocycles. The van der Waals surface area contributed by atoms with Gasteiger partial charge in [-0.1, -0.05) is 40.0 Å². The first kappa shape index (κ1) is 14.8. The first-order valence-corrected chi connectivity index (χ1v) is 6.76. The number of carbonyl (C=O) groups excluding carboxylic acids is 1. The highest BCUT2D eigenvalue weighted by Crippen LogP contribution is 2.19. The van der Waals surface area contributed by atoms with Crippen LogP contribution in [0.1, 0.15) is 15.9 Å². The second-order valence-electron chi connectivity index (χ2n) is 4.10. The third-order valence-electron chi connectivity index (χ3n) is 2.50. The van der Waals surface area contributed by atoms with Crippen LogP contribution in [0.5, 0.6) is 0 Å². The van der Waals surface area contributed by atoms with Gasteiger partial charge in [-0.3, -0.25) is 4.79 Å². The molecule has 5 heteroatoms. The van der Waals surface area contributed by atoms with E-state index >= 15 is 0 Å². The van der Waals surface area contributed by atoms with Gasteiger partial charge in [0.1, 0.15) is 0 Å². The molecule has 0 saturated heterocycles. The van der Waals surface area contributed by atoms with Crippen LogP contribution in [0.25, 0.3) is 0 Å². The number of carbonyl (C=O) groups is 2. The lowest BCUT2D eigenvalue weighted by Gasteiger charge is -2.03. The number of aromatic carboxylic acids is 1. The molecule has 0 aliphatic carbocycles. The van der Waals surface area contributed by atoms with E-state index < -0.39 is 11.9 Å². The van der Waals surface area contributed by atoms with E-state index in [0.717, 1.165) is 5.56 Å². The van der Waals surface area contributed by atoms with Gasteiger partial charge in [0.25, 0.3) is 0 Å². The summed E-state index contributed by atoms with van der Waals surface area (Å²) in [5.41, 5.74) is 1.18. The standard InChI is InChI=1S/C16H10BrNO3/c17-13-8-12(16(20)21)9-14(10-13)18-15(19)7-6-11-4-2-1-3-5-11/h1-5,8-10H,(H,18,19)(H,20,21). The van der Waals surface area contributed by atoms with Crippen molar-refractivity contribution in [1.29, 1.82) is 0 Å². The van der Waals surface area contributed by atoms with Crippen molar-refractivity contribution in [1.82, 2.24) is 0 Å². The molecule has 0 heterocycles. The number of hydrogen-bond acceptors (Lipinski definition) is 2. The number of halogens is 1. The van der Waals surface area contributed by atoms with Gasteiger partial charge < -0.3 is 10.4 Å².